The van der Waals surface area contributed by atoms with Crippen molar-refractivity contribution in [2.45, 2.75) is 46.0 Å². The van der Waals surface area contributed by atoms with Crippen molar-refractivity contribution >= 4 is 43.6 Å². The largest absolute Gasteiger partial charge is 0.506 e. The molecule has 0 saturated carbocycles. The van der Waals surface area contributed by atoms with Crippen LogP contribution < -0.4 is 4.74 Å². The predicted octanol–water partition coefficient (Wildman–Crippen LogP) is 9.10. The number of phenolic OH excluding ortho intramolecular Hbond substituents is 1. The van der Waals surface area contributed by atoms with E-state index in [2.05, 4.69) is 61.6 Å². The summed E-state index contributed by atoms with van der Waals surface area (Å²) in [6, 6.07) is 23.1. The first kappa shape index (κ1) is 25.1. The van der Waals surface area contributed by atoms with Crippen molar-refractivity contribution in [1.82, 2.24) is 4.98 Å². The summed E-state index contributed by atoms with van der Waals surface area (Å²) in [5, 5.41) is 14.5. The summed E-state index contributed by atoms with van der Waals surface area (Å²) in [4.78, 5) is 17.2. The fourth-order valence-electron chi connectivity index (χ4n) is 4.94. The maximum atomic E-state index is 13.6. The Morgan fingerprint density at radius 3 is 2.35 bits per heavy atom. The molecule has 0 atom stereocenters. The number of hydrogen-bond acceptors (Lipinski definition) is 3. The Balaban J connectivity index is 1.79. The van der Waals surface area contributed by atoms with Crippen molar-refractivity contribution in [3.8, 4) is 22.6 Å². The smallest absolute Gasteiger partial charge is 0.347 e. The third-order valence-corrected chi connectivity index (χ3v) is 7.24. The van der Waals surface area contributed by atoms with E-state index in [1.165, 1.54) is 0 Å². The van der Waals surface area contributed by atoms with Crippen molar-refractivity contribution in [3.05, 3.63) is 94.1 Å². The second-order valence-corrected chi connectivity index (χ2v) is 11.7. The minimum absolute atomic E-state index is 0.0860. The van der Waals surface area contributed by atoms with Crippen molar-refractivity contribution in [2.75, 3.05) is 0 Å². The van der Waals surface area contributed by atoms with E-state index in [-0.39, 0.29) is 22.6 Å². The SMILES string of the molecule is CC(C)c1ccccc1OC(=O)c1cc2ccccc2c(-c2c(C(C)(C)C)[nH]c3ccc(Br)cc23)c1O. The third-order valence-electron chi connectivity index (χ3n) is 6.75. The summed E-state index contributed by atoms with van der Waals surface area (Å²) in [6.45, 7) is 10.5. The molecule has 2 N–H and O–H groups in total. The van der Waals surface area contributed by atoms with Crippen molar-refractivity contribution in [1.29, 1.82) is 0 Å². The van der Waals surface area contributed by atoms with Crippen LogP contribution >= 0.6 is 15.9 Å². The van der Waals surface area contributed by atoms with Crippen LogP contribution in [0.1, 0.15) is 62.2 Å². The van der Waals surface area contributed by atoms with Crippen molar-refractivity contribution in [3.63, 3.8) is 0 Å². The molecule has 1 heterocycles. The first-order valence-corrected chi connectivity index (χ1v) is 13.2. The number of carbonyl (C=O) groups is 1. The van der Waals surface area contributed by atoms with Gasteiger partial charge in [0.25, 0.3) is 0 Å². The zero-order valence-corrected chi connectivity index (χ0v) is 23.2. The van der Waals surface area contributed by atoms with E-state index in [1.54, 1.807) is 12.1 Å². The van der Waals surface area contributed by atoms with Crippen LogP contribution in [0.4, 0.5) is 0 Å². The summed E-state index contributed by atoms with van der Waals surface area (Å²) in [6.07, 6.45) is 0. The van der Waals surface area contributed by atoms with Gasteiger partial charge in [-0.1, -0.05) is 93.0 Å². The number of aromatic amines is 1. The summed E-state index contributed by atoms with van der Waals surface area (Å²) in [5.74, 6) is 0.0137. The van der Waals surface area contributed by atoms with Crippen molar-refractivity contribution < 1.29 is 14.6 Å². The summed E-state index contributed by atoms with van der Waals surface area (Å²) >= 11 is 3.61. The second-order valence-electron chi connectivity index (χ2n) is 10.8. The fourth-order valence-corrected chi connectivity index (χ4v) is 5.30. The number of fused-ring (bicyclic) bond motifs is 2. The van der Waals surface area contributed by atoms with E-state index in [9.17, 15) is 9.90 Å². The monoisotopic (exact) mass is 555 g/mol. The highest BCUT2D eigenvalue weighted by molar-refractivity contribution is 9.10. The highest BCUT2D eigenvalue weighted by Gasteiger charge is 2.29. The number of para-hydroxylation sites is 1. The topological polar surface area (TPSA) is 62.3 Å². The Bertz CT molecular complexity index is 1660. The minimum atomic E-state index is -0.587. The van der Waals surface area contributed by atoms with E-state index < -0.39 is 5.97 Å². The number of rotatable bonds is 4. The zero-order valence-electron chi connectivity index (χ0n) is 21.6. The lowest BCUT2D eigenvalue weighted by Gasteiger charge is -2.22. The molecule has 0 amide bonds. The highest BCUT2D eigenvalue weighted by Crippen LogP contribution is 2.47. The first-order valence-electron chi connectivity index (χ1n) is 12.4. The van der Waals surface area contributed by atoms with Gasteiger partial charge in [0, 0.05) is 37.6 Å². The molecule has 0 radical (unpaired) electrons. The number of hydrogen-bond donors (Lipinski definition) is 2. The summed E-state index contributed by atoms with van der Waals surface area (Å²) < 4.78 is 6.82. The van der Waals surface area contributed by atoms with E-state index in [0.717, 1.165) is 43.0 Å². The van der Waals surface area contributed by atoms with Gasteiger partial charge in [-0.05, 0) is 52.6 Å². The average Bonchev–Trinajstić information content (AvgIpc) is 3.22. The maximum Gasteiger partial charge on any atom is 0.347 e. The molecule has 5 rings (SSSR count). The number of carbonyl (C=O) groups excluding carboxylic acids is 1. The fraction of sp³-hybridized carbons (Fsp3) is 0.219. The van der Waals surface area contributed by atoms with Gasteiger partial charge >= 0.3 is 5.97 Å². The van der Waals surface area contributed by atoms with Gasteiger partial charge in [0.2, 0.25) is 0 Å². The molecule has 4 aromatic carbocycles. The normalized spacial score (nSPS) is 12.0. The molecule has 0 bridgehead atoms. The lowest BCUT2D eigenvalue weighted by atomic mass is 9.84. The third kappa shape index (κ3) is 4.53. The lowest BCUT2D eigenvalue weighted by Crippen LogP contribution is -2.14. The number of nitrogens with one attached hydrogen (secondary N) is 1. The molecular weight excluding hydrogens is 526 g/mol. The summed E-state index contributed by atoms with van der Waals surface area (Å²) in [7, 11) is 0. The van der Waals surface area contributed by atoms with Crippen LogP contribution in [-0.4, -0.2) is 16.1 Å². The van der Waals surface area contributed by atoms with E-state index in [1.807, 2.05) is 54.6 Å². The standard InChI is InChI=1S/C32H30BrNO3/c1-18(2)21-11-8-9-13-26(21)37-31(36)24-16-19-10-6-7-12-22(19)27(29(24)35)28-23-17-20(33)14-15-25(23)34-30(28)32(3,4)5/h6-18,34-35H,1-5H3. The molecule has 4 nitrogen and oxygen atoms in total. The van der Waals surface area contributed by atoms with Gasteiger partial charge in [-0.25, -0.2) is 4.79 Å². The number of esters is 1. The van der Waals surface area contributed by atoms with Gasteiger partial charge in [-0.15, -0.1) is 0 Å². The van der Waals surface area contributed by atoms with Gasteiger partial charge in [-0.3, -0.25) is 0 Å². The average molecular weight is 557 g/mol. The Labute approximate surface area is 225 Å². The number of benzene rings is 4. The van der Waals surface area contributed by atoms with Gasteiger partial charge < -0.3 is 14.8 Å². The Hall–Kier alpha value is -3.57. The van der Waals surface area contributed by atoms with E-state index >= 15 is 0 Å². The molecule has 0 aliphatic rings. The molecule has 0 saturated heterocycles. The maximum absolute atomic E-state index is 13.6. The first-order chi connectivity index (χ1) is 17.6. The van der Waals surface area contributed by atoms with Gasteiger partial charge in [-0.2, -0.15) is 0 Å². The minimum Gasteiger partial charge on any atom is -0.506 e. The Kier molecular flexibility index (Phi) is 6.36. The Morgan fingerprint density at radius 2 is 1.62 bits per heavy atom. The van der Waals surface area contributed by atoms with Crippen LogP contribution in [0.3, 0.4) is 0 Å². The number of phenols is 1. The molecule has 188 valence electrons. The molecule has 1 aromatic heterocycles. The molecule has 0 unspecified atom stereocenters. The number of H-pyrrole nitrogens is 1. The van der Waals surface area contributed by atoms with Crippen LogP contribution in [0.2, 0.25) is 0 Å². The predicted molar refractivity (Wildman–Crippen MR) is 155 cm³/mol. The molecule has 5 heteroatoms. The van der Waals surface area contributed by atoms with Gasteiger partial charge in [0.15, 0.2) is 0 Å². The van der Waals surface area contributed by atoms with Crippen LogP contribution in [0.15, 0.2) is 77.3 Å². The molecule has 0 aliphatic heterocycles. The van der Waals surface area contributed by atoms with E-state index in [0.29, 0.717) is 11.3 Å². The molecule has 0 aliphatic carbocycles. The highest BCUT2D eigenvalue weighted by atomic mass is 79.9. The molecule has 0 spiro atoms. The van der Waals surface area contributed by atoms with Gasteiger partial charge in [0.1, 0.15) is 17.1 Å². The molecule has 0 fully saturated rings. The number of ether oxygens (including phenoxy) is 1. The van der Waals surface area contributed by atoms with Crippen LogP contribution in [0.25, 0.3) is 32.8 Å². The van der Waals surface area contributed by atoms with Gasteiger partial charge in [0.05, 0.1) is 0 Å². The lowest BCUT2D eigenvalue weighted by molar-refractivity contribution is 0.0730. The Morgan fingerprint density at radius 1 is 0.919 bits per heavy atom. The molecule has 5 aromatic rings. The van der Waals surface area contributed by atoms with Crippen molar-refractivity contribution in [2.24, 2.45) is 0 Å². The van der Waals surface area contributed by atoms with Crippen LogP contribution in [0, 0.1) is 0 Å². The number of halogens is 1. The van der Waals surface area contributed by atoms with Crippen LogP contribution in [0.5, 0.6) is 11.5 Å². The second kappa shape index (κ2) is 9.38. The number of aromatic hydroxyl groups is 1. The van der Waals surface area contributed by atoms with E-state index in [4.69, 9.17) is 4.74 Å². The zero-order chi connectivity index (χ0) is 26.5. The summed E-state index contributed by atoms with van der Waals surface area (Å²) in [5.41, 5.74) is 4.28. The number of aromatic nitrogens is 1. The van der Waals surface area contributed by atoms with Crippen LogP contribution in [-0.2, 0) is 5.41 Å². The molecule has 37 heavy (non-hydrogen) atoms. The molecular formula is C32H30BrNO3. The quantitative estimate of drug-likeness (QED) is 0.171.